The first-order valence-corrected chi connectivity index (χ1v) is 7.09. The summed E-state index contributed by atoms with van der Waals surface area (Å²) in [6.07, 6.45) is 0. The SMILES string of the molecule is FCc1ccc(Oc2ccc(CF)cc2Br)c(Br)c1. The van der Waals surface area contributed by atoms with Gasteiger partial charge in [-0.05, 0) is 67.3 Å². The Bertz CT molecular complexity index is 536. The van der Waals surface area contributed by atoms with Crippen molar-refractivity contribution in [1.82, 2.24) is 0 Å². The summed E-state index contributed by atoms with van der Waals surface area (Å²) in [6, 6.07) is 10.0. The van der Waals surface area contributed by atoms with Crippen LogP contribution in [0.15, 0.2) is 45.3 Å². The van der Waals surface area contributed by atoms with E-state index in [9.17, 15) is 8.78 Å². The van der Waals surface area contributed by atoms with E-state index < -0.39 is 13.3 Å². The molecule has 0 N–H and O–H groups in total. The quantitative estimate of drug-likeness (QED) is 0.626. The second kappa shape index (κ2) is 6.48. The minimum absolute atomic E-state index is 0.520. The van der Waals surface area contributed by atoms with Gasteiger partial charge in [0.05, 0.1) is 8.95 Å². The van der Waals surface area contributed by atoms with Crippen LogP contribution in [0.2, 0.25) is 0 Å². The molecule has 2 rings (SSSR count). The van der Waals surface area contributed by atoms with Crippen molar-refractivity contribution in [2.45, 2.75) is 13.3 Å². The summed E-state index contributed by atoms with van der Waals surface area (Å²) in [5, 5.41) is 0. The molecule has 1 nitrogen and oxygen atoms in total. The Morgan fingerprint density at radius 3 is 1.53 bits per heavy atom. The highest BCUT2D eigenvalue weighted by Gasteiger charge is 2.08. The predicted octanol–water partition coefficient (Wildman–Crippen LogP) is 5.94. The Labute approximate surface area is 126 Å². The number of benzene rings is 2. The van der Waals surface area contributed by atoms with Gasteiger partial charge < -0.3 is 4.74 Å². The lowest BCUT2D eigenvalue weighted by atomic mass is 10.2. The molecule has 0 unspecified atom stereocenters. The minimum Gasteiger partial charge on any atom is -0.455 e. The summed E-state index contributed by atoms with van der Waals surface area (Å²) in [5.74, 6) is 1.15. The number of alkyl halides is 2. The van der Waals surface area contributed by atoms with E-state index in [-0.39, 0.29) is 0 Å². The molecular weight excluding hydrogens is 382 g/mol. The Kier molecular flexibility index (Phi) is 4.93. The summed E-state index contributed by atoms with van der Waals surface area (Å²) < 4.78 is 32.1. The molecule has 0 saturated heterocycles. The van der Waals surface area contributed by atoms with Gasteiger partial charge in [-0.2, -0.15) is 0 Å². The highest BCUT2D eigenvalue weighted by Crippen LogP contribution is 2.35. The molecular formula is C14H10Br2F2O. The lowest BCUT2D eigenvalue weighted by Gasteiger charge is -2.10. The molecule has 0 aliphatic rings. The fourth-order valence-corrected chi connectivity index (χ4v) is 2.55. The van der Waals surface area contributed by atoms with E-state index in [4.69, 9.17) is 4.74 Å². The first-order chi connectivity index (χ1) is 9.13. The lowest BCUT2D eigenvalue weighted by Crippen LogP contribution is -1.89. The molecule has 0 bridgehead atoms. The number of hydrogen-bond acceptors (Lipinski definition) is 1. The molecule has 0 aliphatic carbocycles. The number of halogens is 4. The molecule has 0 saturated carbocycles. The first kappa shape index (κ1) is 14.5. The van der Waals surface area contributed by atoms with Crippen molar-refractivity contribution in [3.63, 3.8) is 0 Å². The molecule has 0 heterocycles. The Hall–Kier alpha value is -0.940. The summed E-state index contributed by atoms with van der Waals surface area (Å²) in [5.41, 5.74) is 1.15. The second-order valence-corrected chi connectivity index (χ2v) is 5.61. The van der Waals surface area contributed by atoms with Crippen molar-refractivity contribution in [1.29, 1.82) is 0 Å². The van der Waals surface area contributed by atoms with Crippen molar-refractivity contribution >= 4 is 31.9 Å². The zero-order valence-corrected chi connectivity index (χ0v) is 13.0. The summed E-state index contributed by atoms with van der Waals surface area (Å²) in [7, 11) is 0. The van der Waals surface area contributed by atoms with Gasteiger partial charge in [-0.3, -0.25) is 0 Å². The van der Waals surface area contributed by atoms with Crippen molar-refractivity contribution < 1.29 is 13.5 Å². The van der Waals surface area contributed by atoms with Crippen molar-refractivity contribution in [2.24, 2.45) is 0 Å². The monoisotopic (exact) mass is 390 g/mol. The highest BCUT2D eigenvalue weighted by molar-refractivity contribution is 9.11. The Morgan fingerprint density at radius 2 is 1.21 bits per heavy atom. The van der Waals surface area contributed by atoms with Crippen LogP contribution in [0.25, 0.3) is 0 Å². The van der Waals surface area contributed by atoms with Gasteiger partial charge in [0, 0.05) is 0 Å². The summed E-state index contributed by atoms with van der Waals surface area (Å²) in [6.45, 7) is -1.04. The summed E-state index contributed by atoms with van der Waals surface area (Å²) in [4.78, 5) is 0. The van der Waals surface area contributed by atoms with Gasteiger partial charge in [0.25, 0.3) is 0 Å². The molecule has 2 aromatic rings. The van der Waals surface area contributed by atoms with E-state index in [0.29, 0.717) is 31.6 Å². The van der Waals surface area contributed by atoms with Crippen LogP contribution in [0.3, 0.4) is 0 Å². The number of ether oxygens (including phenoxy) is 1. The molecule has 0 atom stereocenters. The molecule has 0 spiro atoms. The molecule has 0 amide bonds. The fraction of sp³-hybridized carbons (Fsp3) is 0.143. The third-order valence-electron chi connectivity index (χ3n) is 2.52. The van der Waals surface area contributed by atoms with Crippen molar-refractivity contribution in [2.75, 3.05) is 0 Å². The molecule has 0 fully saturated rings. The maximum atomic E-state index is 12.5. The van der Waals surface area contributed by atoms with Crippen LogP contribution >= 0.6 is 31.9 Å². The van der Waals surface area contributed by atoms with Gasteiger partial charge in [0.15, 0.2) is 0 Å². The zero-order chi connectivity index (χ0) is 13.8. The predicted molar refractivity (Wildman–Crippen MR) is 78.0 cm³/mol. The fourth-order valence-electron chi connectivity index (χ4n) is 1.54. The molecule has 100 valence electrons. The zero-order valence-electron chi connectivity index (χ0n) is 9.80. The van der Waals surface area contributed by atoms with Gasteiger partial charge in [-0.1, -0.05) is 12.1 Å². The van der Waals surface area contributed by atoms with Crippen LogP contribution in [-0.4, -0.2) is 0 Å². The van der Waals surface area contributed by atoms with Crippen LogP contribution in [0, 0.1) is 0 Å². The largest absolute Gasteiger partial charge is 0.455 e. The standard InChI is InChI=1S/C14H10Br2F2O/c15-11-5-9(7-17)1-3-13(11)19-14-4-2-10(8-18)6-12(14)16/h1-6H,7-8H2. The minimum atomic E-state index is -0.520. The van der Waals surface area contributed by atoms with Crippen LogP contribution in [0.5, 0.6) is 11.5 Å². The average Bonchev–Trinajstić information content (AvgIpc) is 2.42. The van der Waals surface area contributed by atoms with Crippen LogP contribution < -0.4 is 4.74 Å². The summed E-state index contributed by atoms with van der Waals surface area (Å²) >= 11 is 6.66. The first-order valence-electron chi connectivity index (χ1n) is 5.50. The van der Waals surface area contributed by atoms with Crippen molar-refractivity contribution in [3.05, 3.63) is 56.5 Å². The topological polar surface area (TPSA) is 9.23 Å². The smallest absolute Gasteiger partial charge is 0.141 e. The van der Waals surface area contributed by atoms with E-state index in [0.717, 1.165) is 0 Å². The van der Waals surface area contributed by atoms with E-state index in [1.807, 2.05) is 0 Å². The highest BCUT2D eigenvalue weighted by atomic mass is 79.9. The van der Waals surface area contributed by atoms with Gasteiger partial charge in [0.2, 0.25) is 0 Å². The Morgan fingerprint density at radius 1 is 0.789 bits per heavy atom. The van der Waals surface area contributed by atoms with Gasteiger partial charge in [0.1, 0.15) is 24.8 Å². The number of hydrogen-bond donors (Lipinski definition) is 0. The maximum Gasteiger partial charge on any atom is 0.141 e. The maximum absolute atomic E-state index is 12.5. The molecule has 0 aromatic heterocycles. The van der Waals surface area contributed by atoms with E-state index in [2.05, 4.69) is 31.9 Å². The third kappa shape index (κ3) is 3.54. The van der Waals surface area contributed by atoms with Crippen molar-refractivity contribution in [3.8, 4) is 11.5 Å². The molecule has 5 heteroatoms. The van der Waals surface area contributed by atoms with Crippen LogP contribution in [0.4, 0.5) is 8.78 Å². The molecule has 2 aromatic carbocycles. The Balaban J connectivity index is 2.26. The molecule has 0 radical (unpaired) electrons. The van der Waals surface area contributed by atoms with E-state index in [1.165, 1.54) is 0 Å². The van der Waals surface area contributed by atoms with Gasteiger partial charge >= 0.3 is 0 Å². The van der Waals surface area contributed by atoms with Gasteiger partial charge in [-0.25, -0.2) is 8.78 Å². The lowest BCUT2D eigenvalue weighted by molar-refractivity contribution is 0.467. The van der Waals surface area contributed by atoms with Crippen LogP contribution in [-0.2, 0) is 13.3 Å². The normalized spacial score (nSPS) is 10.5. The molecule has 0 aliphatic heterocycles. The second-order valence-electron chi connectivity index (χ2n) is 3.90. The molecule has 19 heavy (non-hydrogen) atoms. The third-order valence-corrected chi connectivity index (χ3v) is 3.76. The van der Waals surface area contributed by atoms with E-state index in [1.54, 1.807) is 36.4 Å². The van der Waals surface area contributed by atoms with E-state index >= 15 is 0 Å². The van der Waals surface area contributed by atoms with Crippen LogP contribution in [0.1, 0.15) is 11.1 Å². The number of rotatable bonds is 4. The van der Waals surface area contributed by atoms with Gasteiger partial charge in [-0.15, -0.1) is 0 Å². The average molecular weight is 392 g/mol.